The Morgan fingerprint density at radius 1 is 0.900 bits per heavy atom. The van der Waals surface area contributed by atoms with Crippen LogP contribution in [0.15, 0.2) is 24.7 Å². The molecule has 112 valence electrons. The molecule has 0 aliphatic rings. The van der Waals surface area contributed by atoms with Gasteiger partial charge in [0, 0.05) is 24.3 Å². The van der Waals surface area contributed by atoms with Gasteiger partial charge in [0.25, 0.3) is 0 Å². The van der Waals surface area contributed by atoms with E-state index in [0.29, 0.717) is 11.8 Å². The normalized spacial score (nSPS) is 10.8. The first kappa shape index (κ1) is 16.6. The fourth-order valence-corrected chi connectivity index (χ4v) is 2.51. The summed E-state index contributed by atoms with van der Waals surface area (Å²) in [6, 6.07) is 2.17. The number of aromatic nitrogens is 2. The van der Waals surface area contributed by atoms with Crippen molar-refractivity contribution >= 4 is 0 Å². The zero-order chi connectivity index (χ0) is 15.1. The van der Waals surface area contributed by atoms with E-state index >= 15 is 0 Å². The second kappa shape index (κ2) is 7.98. The van der Waals surface area contributed by atoms with Crippen LogP contribution in [0.5, 0.6) is 0 Å². The molecular weight excluding hydrogens is 244 g/mol. The molecule has 0 unspecified atom stereocenters. The van der Waals surface area contributed by atoms with E-state index < -0.39 is 0 Å². The lowest BCUT2D eigenvalue weighted by Gasteiger charge is -2.03. The third-order valence-corrected chi connectivity index (χ3v) is 3.71. The minimum Gasteiger partial charge on any atom is -0.367 e. The molecule has 2 nitrogen and oxygen atoms in total. The molecule has 20 heavy (non-hydrogen) atoms. The van der Waals surface area contributed by atoms with Crippen molar-refractivity contribution in [3.8, 4) is 0 Å². The van der Waals surface area contributed by atoms with Crippen molar-refractivity contribution in [1.29, 1.82) is 0 Å². The van der Waals surface area contributed by atoms with Gasteiger partial charge in [-0.1, -0.05) is 41.5 Å². The minimum atomic E-state index is 0.654. The summed E-state index contributed by atoms with van der Waals surface area (Å²) < 4.78 is 0. The summed E-state index contributed by atoms with van der Waals surface area (Å²) in [6.07, 6.45) is 8.46. The summed E-state index contributed by atoms with van der Waals surface area (Å²) in [6.45, 7) is 13.3. The Kier molecular flexibility index (Phi) is 6.63. The van der Waals surface area contributed by atoms with E-state index in [0.717, 1.165) is 12.8 Å². The van der Waals surface area contributed by atoms with Gasteiger partial charge < -0.3 is 9.97 Å². The van der Waals surface area contributed by atoms with Crippen molar-refractivity contribution < 1.29 is 0 Å². The molecule has 0 bridgehead atoms. The maximum Gasteiger partial charge on any atom is 0.0179 e. The summed E-state index contributed by atoms with van der Waals surface area (Å²) in [5.41, 5.74) is 5.76. The van der Waals surface area contributed by atoms with Gasteiger partial charge in [-0.05, 0) is 47.4 Å². The zero-order valence-corrected chi connectivity index (χ0v) is 13.9. The number of aryl methyl sites for hydroxylation is 2. The molecule has 0 fully saturated rings. The van der Waals surface area contributed by atoms with E-state index in [1.54, 1.807) is 0 Å². The van der Waals surface area contributed by atoms with Crippen molar-refractivity contribution in [2.24, 2.45) is 0 Å². The maximum absolute atomic E-state index is 3.24. The van der Waals surface area contributed by atoms with Gasteiger partial charge in [0.2, 0.25) is 0 Å². The lowest BCUT2D eigenvalue weighted by Crippen LogP contribution is -1.90. The van der Waals surface area contributed by atoms with E-state index in [-0.39, 0.29) is 0 Å². The standard InChI is InChI=1S/2C9H15N/c1-4-8-5-10-6-9(8)7(2)3;1-4-9-8(7(2)3)5-6-10-9/h2*5-7,10H,4H2,1-3H3. The Labute approximate surface area is 124 Å². The van der Waals surface area contributed by atoms with Crippen molar-refractivity contribution in [2.75, 3.05) is 0 Å². The molecule has 0 aromatic carbocycles. The number of H-pyrrole nitrogens is 2. The molecule has 2 heterocycles. The highest BCUT2D eigenvalue weighted by Crippen LogP contribution is 2.19. The lowest BCUT2D eigenvalue weighted by atomic mass is 10.0. The highest BCUT2D eigenvalue weighted by atomic mass is 14.7. The van der Waals surface area contributed by atoms with E-state index in [4.69, 9.17) is 0 Å². The van der Waals surface area contributed by atoms with Gasteiger partial charge in [-0.2, -0.15) is 0 Å². The number of hydrogen-bond acceptors (Lipinski definition) is 0. The Hall–Kier alpha value is -1.44. The molecule has 2 heteroatoms. The largest absolute Gasteiger partial charge is 0.367 e. The molecule has 0 saturated carbocycles. The van der Waals surface area contributed by atoms with Gasteiger partial charge in [-0.3, -0.25) is 0 Å². The fraction of sp³-hybridized carbons (Fsp3) is 0.556. The van der Waals surface area contributed by atoms with Crippen LogP contribution in [0, 0.1) is 0 Å². The molecule has 0 radical (unpaired) electrons. The van der Waals surface area contributed by atoms with Gasteiger partial charge in [0.05, 0.1) is 0 Å². The van der Waals surface area contributed by atoms with Crippen molar-refractivity contribution in [2.45, 2.75) is 66.2 Å². The van der Waals surface area contributed by atoms with Crippen LogP contribution in [0.4, 0.5) is 0 Å². The maximum atomic E-state index is 3.24. The topological polar surface area (TPSA) is 31.6 Å². The second-order valence-corrected chi connectivity index (χ2v) is 5.86. The highest BCUT2D eigenvalue weighted by molar-refractivity contribution is 5.26. The van der Waals surface area contributed by atoms with E-state index in [1.165, 1.54) is 22.4 Å². The Balaban J connectivity index is 0.000000200. The van der Waals surface area contributed by atoms with Crippen LogP contribution in [0.1, 0.15) is 75.8 Å². The molecule has 2 aromatic rings. The quantitative estimate of drug-likeness (QED) is 0.748. The number of aromatic amines is 2. The van der Waals surface area contributed by atoms with Gasteiger partial charge in [-0.25, -0.2) is 0 Å². The predicted molar refractivity (Wildman–Crippen MR) is 88.5 cm³/mol. The van der Waals surface area contributed by atoms with Gasteiger partial charge in [0.1, 0.15) is 0 Å². The number of hydrogen-bond donors (Lipinski definition) is 2. The van der Waals surface area contributed by atoms with Crippen molar-refractivity contribution in [3.05, 3.63) is 47.0 Å². The van der Waals surface area contributed by atoms with Gasteiger partial charge in [0.15, 0.2) is 0 Å². The van der Waals surface area contributed by atoms with Crippen LogP contribution in [-0.2, 0) is 12.8 Å². The SMILES string of the molecule is CCc1[nH]ccc1C(C)C.CCc1c[nH]cc1C(C)C. The van der Waals surface area contributed by atoms with Crippen LogP contribution in [0.25, 0.3) is 0 Å². The highest BCUT2D eigenvalue weighted by Gasteiger charge is 2.04. The summed E-state index contributed by atoms with van der Waals surface area (Å²) in [4.78, 5) is 6.37. The third-order valence-electron chi connectivity index (χ3n) is 3.71. The van der Waals surface area contributed by atoms with E-state index in [9.17, 15) is 0 Å². The number of nitrogens with one attached hydrogen (secondary N) is 2. The molecular formula is C18H30N2. The molecule has 0 atom stereocenters. The van der Waals surface area contributed by atoms with Crippen LogP contribution < -0.4 is 0 Å². The van der Waals surface area contributed by atoms with Gasteiger partial charge >= 0.3 is 0 Å². The van der Waals surface area contributed by atoms with E-state index in [1.807, 2.05) is 6.20 Å². The average Bonchev–Trinajstić information content (AvgIpc) is 3.07. The molecule has 0 aliphatic heterocycles. The van der Waals surface area contributed by atoms with Gasteiger partial charge in [-0.15, -0.1) is 0 Å². The molecule has 2 N–H and O–H groups in total. The average molecular weight is 274 g/mol. The predicted octanol–water partition coefficient (Wildman–Crippen LogP) is 5.40. The monoisotopic (exact) mass is 274 g/mol. The van der Waals surface area contributed by atoms with Crippen LogP contribution >= 0.6 is 0 Å². The first-order chi connectivity index (χ1) is 9.51. The smallest absolute Gasteiger partial charge is 0.0179 e. The van der Waals surface area contributed by atoms with Crippen LogP contribution in [-0.4, -0.2) is 9.97 Å². The minimum absolute atomic E-state index is 0.654. The van der Waals surface area contributed by atoms with Crippen molar-refractivity contribution in [3.63, 3.8) is 0 Å². The molecule has 0 amide bonds. The summed E-state index contributed by atoms with van der Waals surface area (Å²) >= 11 is 0. The fourth-order valence-electron chi connectivity index (χ4n) is 2.51. The molecule has 2 aromatic heterocycles. The first-order valence-electron chi connectivity index (χ1n) is 7.82. The first-order valence-corrected chi connectivity index (χ1v) is 7.82. The summed E-state index contributed by atoms with van der Waals surface area (Å²) in [5.74, 6) is 1.31. The van der Waals surface area contributed by atoms with Crippen LogP contribution in [0.3, 0.4) is 0 Å². The molecule has 0 aliphatic carbocycles. The Bertz CT molecular complexity index is 443. The van der Waals surface area contributed by atoms with Crippen molar-refractivity contribution in [1.82, 2.24) is 9.97 Å². The van der Waals surface area contributed by atoms with E-state index in [2.05, 4.69) is 70.0 Å². The molecule has 2 rings (SSSR count). The number of rotatable bonds is 4. The third kappa shape index (κ3) is 4.29. The molecule has 0 spiro atoms. The van der Waals surface area contributed by atoms with Crippen LogP contribution in [0.2, 0.25) is 0 Å². The molecule has 0 saturated heterocycles. The summed E-state index contributed by atoms with van der Waals surface area (Å²) in [5, 5.41) is 0. The Morgan fingerprint density at radius 3 is 1.95 bits per heavy atom. The lowest BCUT2D eigenvalue weighted by molar-refractivity contribution is 0.841. The second-order valence-electron chi connectivity index (χ2n) is 5.86. The summed E-state index contributed by atoms with van der Waals surface area (Å²) in [7, 11) is 0. The zero-order valence-electron chi connectivity index (χ0n) is 13.9. The Morgan fingerprint density at radius 2 is 1.55 bits per heavy atom.